The summed E-state index contributed by atoms with van der Waals surface area (Å²) in [6.07, 6.45) is 0.393. The molecule has 7 heteroatoms. The highest BCUT2D eigenvalue weighted by Gasteiger charge is 2.31. The van der Waals surface area contributed by atoms with Crippen molar-refractivity contribution in [1.29, 1.82) is 0 Å². The van der Waals surface area contributed by atoms with E-state index in [4.69, 9.17) is 0 Å². The van der Waals surface area contributed by atoms with Gasteiger partial charge in [0.25, 0.3) is 0 Å². The molecule has 21 heavy (non-hydrogen) atoms. The average Bonchev–Trinajstić information content (AvgIpc) is 2.90. The van der Waals surface area contributed by atoms with Crippen molar-refractivity contribution in [3.63, 3.8) is 0 Å². The Morgan fingerprint density at radius 3 is 2.67 bits per heavy atom. The Bertz CT molecular complexity index is 564. The van der Waals surface area contributed by atoms with E-state index in [9.17, 15) is 17.6 Å². The number of halogens is 4. The predicted octanol–water partition coefficient (Wildman–Crippen LogP) is 3.29. The molecule has 3 nitrogen and oxygen atoms in total. The minimum atomic E-state index is -4.53. The average molecular weight is 301 g/mol. The molecular formula is C14H15F4N3. The SMILES string of the molecule is Fc1cc(CNCCCc2ncc[nH]2)cc(C(F)(F)F)c1. The third-order valence-electron chi connectivity index (χ3n) is 2.94. The summed E-state index contributed by atoms with van der Waals surface area (Å²) in [5.74, 6) is -0.0147. The molecule has 0 radical (unpaired) electrons. The fraction of sp³-hybridized carbons (Fsp3) is 0.357. The van der Waals surface area contributed by atoms with Crippen molar-refractivity contribution in [2.45, 2.75) is 25.6 Å². The summed E-state index contributed by atoms with van der Waals surface area (Å²) in [7, 11) is 0. The lowest BCUT2D eigenvalue weighted by molar-refractivity contribution is -0.137. The molecule has 1 heterocycles. The van der Waals surface area contributed by atoms with Crippen molar-refractivity contribution in [1.82, 2.24) is 15.3 Å². The Labute approximate surface area is 119 Å². The van der Waals surface area contributed by atoms with E-state index in [2.05, 4.69) is 15.3 Å². The number of H-pyrrole nitrogens is 1. The van der Waals surface area contributed by atoms with Gasteiger partial charge in [-0.05, 0) is 36.7 Å². The molecule has 0 amide bonds. The zero-order valence-corrected chi connectivity index (χ0v) is 11.2. The van der Waals surface area contributed by atoms with Crippen LogP contribution in [-0.2, 0) is 19.1 Å². The number of hydrogen-bond donors (Lipinski definition) is 2. The van der Waals surface area contributed by atoms with Gasteiger partial charge in [-0.3, -0.25) is 0 Å². The summed E-state index contributed by atoms with van der Waals surface area (Å²) in [6.45, 7) is 0.803. The molecule has 0 aliphatic heterocycles. The second-order valence-corrected chi connectivity index (χ2v) is 4.66. The monoisotopic (exact) mass is 301 g/mol. The molecule has 2 aromatic rings. The number of aromatic amines is 1. The number of aromatic nitrogens is 2. The van der Waals surface area contributed by atoms with Gasteiger partial charge in [-0.1, -0.05) is 0 Å². The first-order chi connectivity index (χ1) is 9.95. The van der Waals surface area contributed by atoms with E-state index in [0.29, 0.717) is 12.6 Å². The predicted molar refractivity (Wildman–Crippen MR) is 70.0 cm³/mol. The van der Waals surface area contributed by atoms with Crippen LogP contribution in [0.25, 0.3) is 0 Å². The number of benzene rings is 1. The smallest absolute Gasteiger partial charge is 0.349 e. The third-order valence-corrected chi connectivity index (χ3v) is 2.94. The molecule has 0 saturated heterocycles. The first-order valence-electron chi connectivity index (χ1n) is 6.51. The van der Waals surface area contributed by atoms with Gasteiger partial charge >= 0.3 is 6.18 Å². The molecule has 0 aliphatic rings. The zero-order valence-electron chi connectivity index (χ0n) is 11.2. The van der Waals surface area contributed by atoms with E-state index < -0.39 is 17.6 Å². The van der Waals surface area contributed by atoms with Gasteiger partial charge in [0.2, 0.25) is 0 Å². The van der Waals surface area contributed by atoms with Crippen molar-refractivity contribution in [2.24, 2.45) is 0 Å². The van der Waals surface area contributed by atoms with Gasteiger partial charge < -0.3 is 10.3 Å². The Hall–Kier alpha value is -1.89. The molecule has 0 atom stereocenters. The van der Waals surface area contributed by atoms with Gasteiger partial charge in [0.15, 0.2) is 0 Å². The highest BCUT2D eigenvalue weighted by molar-refractivity contribution is 5.26. The second-order valence-electron chi connectivity index (χ2n) is 4.66. The molecule has 2 rings (SSSR count). The van der Waals surface area contributed by atoms with Crippen molar-refractivity contribution < 1.29 is 17.6 Å². The largest absolute Gasteiger partial charge is 0.416 e. The van der Waals surface area contributed by atoms with E-state index in [1.807, 2.05) is 0 Å². The van der Waals surface area contributed by atoms with E-state index in [0.717, 1.165) is 30.8 Å². The van der Waals surface area contributed by atoms with Crippen molar-refractivity contribution in [3.05, 3.63) is 53.4 Å². The van der Waals surface area contributed by atoms with E-state index in [1.165, 1.54) is 0 Å². The maximum atomic E-state index is 13.2. The van der Waals surface area contributed by atoms with Gasteiger partial charge in [0, 0.05) is 25.4 Å². The molecule has 0 saturated carbocycles. The number of nitrogens with zero attached hydrogens (tertiary/aromatic N) is 1. The molecule has 1 aromatic carbocycles. The number of rotatable bonds is 6. The molecule has 0 fully saturated rings. The molecule has 0 aliphatic carbocycles. The standard InChI is InChI=1S/C14H15F4N3/c15-12-7-10(6-11(8-12)14(16,17)18)9-19-3-1-2-13-20-4-5-21-13/h4-8,19H,1-3,9H2,(H,20,21). The van der Waals surface area contributed by atoms with E-state index >= 15 is 0 Å². The van der Waals surface area contributed by atoms with Gasteiger partial charge in [0.1, 0.15) is 11.6 Å². The van der Waals surface area contributed by atoms with Crippen LogP contribution in [-0.4, -0.2) is 16.5 Å². The number of alkyl halides is 3. The fourth-order valence-corrected chi connectivity index (χ4v) is 1.96. The van der Waals surface area contributed by atoms with Crippen LogP contribution in [0.1, 0.15) is 23.4 Å². The zero-order chi connectivity index (χ0) is 15.3. The van der Waals surface area contributed by atoms with Crippen molar-refractivity contribution in [3.8, 4) is 0 Å². The van der Waals surface area contributed by atoms with Crippen LogP contribution in [0.5, 0.6) is 0 Å². The van der Waals surface area contributed by atoms with Crippen LogP contribution in [0, 0.1) is 5.82 Å². The summed E-state index contributed by atoms with van der Waals surface area (Å²) in [6, 6.07) is 2.57. The summed E-state index contributed by atoms with van der Waals surface area (Å²) in [5, 5.41) is 2.99. The number of imidazole rings is 1. The van der Waals surface area contributed by atoms with Crippen LogP contribution in [0.4, 0.5) is 17.6 Å². The van der Waals surface area contributed by atoms with Gasteiger partial charge in [0.05, 0.1) is 5.56 Å². The highest BCUT2D eigenvalue weighted by Crippen LogP contribution is 2.30. The van der Waals surface area contributed by atoms with Crippen LogP contribution in [0.3, 0.4) is 0 Å². The molecule has 114 valence electrons. The topological polar surface area (TPSA) is 40.7 Å². The summed E-state index contributed by atoms with van der Waals surface area (Å²) in [5.41, 5.74) is -0.685. The second kappa shape index (κ2) is 6.71. The first kappa shape index (κ1) is 15.5. The Morgan fingerprint density at radius 2 is 2.00 bits per heavy atom. The molecule has 0 spiro atoms. The molecule has 1 aromatic heterocycles. The molecular weight excluding hydrogens is 286 g/mol. The number of hydrogen-bond acceptors (Lipinski definition) is 2. The van der Waals surface area contributed by atoms with Crippen LogP contribution < -0.4 is 5.32 Å². The molecule has 0 bridgehead atoms. The molecule has 0 unspecified atom stereocenters. The summed E-state index contributed by atoms with van der Waals surface area (Å²) < 4.78 is 50.8. The highest BCUT2D eigenvalue weighted by atomic mass is 19.4. The minimum Gasteiger partial charge on any atom is -0.349 e. The number of aryl methyl sites for hydroxylation is 1. The van der Waals surface area contributed by atoms with Gasteiger partial charge in [-0.15, -0.1) is 0 Å². The van der Waals surface area contributed by atoms with Crippen LogP contribution >= 0.6 is 0 Å². The van der Waals surface area contributed by atoms with Crippen molar-refractivity contribution in [2.75, 3.05) is 6.54 Å². The minimum absolute atomic E-state index is 0.193. The van der Waals surface area contributed by atoms with Crippen LogP contribution in [0.15, 0.2) is 30.6 Å². The van der Waals surface area contributed by atoms with E-state index in [-0.39, 0.29) is 12.1 Å². The summed E-state index contributed by atoms with van der Waals surface area (Å²) in [4.78, 5) is 7.03. The summed E-state index contributed by atoms with van der Waals surface area (Å²) >= 11 is 0. The first-order valence-corrected chi connectivity index (χ1v) is 6.51. The third kappa shape index (κ3) is 4.86. The lowest BCUT2D eigenvalue weighted by Crippen LogP contribution is -2.16. The van der Waals surface area contributed by atoms with E-state index in [1.54, 1.807) is 12.4 Å². The quantitative estimate of drug-likeness (QED) is 0.635. The Morgan fingerprint density at radius 1 is 1.19 bits per heavy atom. The maximum Gasteiger partial charge on any atom is 0.416 e. The lowest BCUT2D eigenvalue weighted by Gasteiger charge is -2.10. The normalized spacial score (nSPS) is 11.8. The maximum absolute atomic E-state index is 13.2. The number of nitrogens with one attached hydrogen (secondary N) is 2. The Balaban J connectivity index is 1.81. The van der Waals surface area contributed by atoms with Crippen molar-refractivity contribution >= 4 is 0 Å². The molecule has 2 N–H and O–H groups in total. The Kier molecular flexibility index (Phi) is 4.95. The fourth-order valence-electron chi connectivity index (χ4n) is 1.96. The van der Waals surface area contributed by atoms with Crippen LogP contribution in [0.2, 0.25) is 0 Å². The van der Waals surface area contributed by atoms with Gasteiger partial charge in [-0.2, -0.15) is 13.2 Å². The van der Waals surface area contributed by atoms with Gasteiger partial charge in [-0.25, -0.2) is 9.37 Å². The lowest BCUT2D eigenvalue weighted by atomic mass is 10.1.